The van der Waals surface area contributed by atoms with Gasteiger partial charge in [-0.15, -0.1) is 24.8 Å². The van der Waals surface area contributed by atoms with E-state index in [1.165, 1.54) is 19.3 Å². The summed E-state index contributed by atoms with van der Waals surface area (Å²) in [6, 6.07) is 7.59. The molecule has 2 fully saturated rings. The number of piperazine rings is 1. The molecule has 0 radical (unpaired) electrons. The van der Waals surface area contributed by atoms with E-state index in [1.54, 1.807) is 12.1 Å². The Morgan fingerprint density at radius 3 is 2.39 bits per heavy atom. The monoisotopic (exact) mass is 368 g/mol. The molecule has 132 valence electrons. The molecule has 0 aromatic heterocycles. The lowest BCUT2D eigenvalue weighted by Crippen LogP contribution is -2.47. The highest BCUT2D eigenvalue weighted by Gasteiger charge is 2.33. The first kappa shape index (κ1) is 20.4. The molecule has 1 saturated carbocycles. The third-order valence-corrected chi connectivity index (χ3v) is 4.57. The van der Waals surface area contributed by atoms with Crippen LogP contribution in [0.2, 0.25) is 0 Å². The highest BCUT2D eigenvalue weighted by atomic mass is 35.5. The molecule has 0 bridgehead atoms. The van der Waals surface area contributed by atoms with Gasteiger partial charge in [-0.3, -0.25) is 4.90 Å². The molecule has 3 rings (SSSR count). The number of nitrogens with zero attached hydrogens (tertiary/aromatic N) is 1. The highest BCUT2D eigenvalue weighted by molar-refractivity contribution is 5.85. The van der Waals surface area contributed by atoms with Gasteiger partial charge in [-0.25, -0.2) is 0 Å². The van der Waals surface area contributed by atoms with E-state index < -0.39 is 6.61 Å². The Labute approximate surface area is 148 Å². The maximum atomic E-state index is 12.4. The van der Waals surface area contributed by atoms with Crippen molar-refractivity contribution in [1.29, 1.82) is 0 Å². The van der Waals surface area contributed by atoms with Gasteiger partial charge in [0.15, 0.2) is 0 Å². The normalized spacial score (nSPS) is 20.1. The van der Waals surface area contributed by atoms with Crippen LogP contribution in [0.15, 0.2) is 24.3 Å². The van der Waals surface area contributed by atoms with Gasteiger partial charge in [-0.05, 0) is 36.5 Å². The Hall–Kier alpha value is -0.620. The molecule has 1 N–H and O–H groups in total. The Kier molecular flexibility index (Phi) is 8.54. The fourth-order valence-corrected chi connectivity index (χ4v) is 3.37. The molecule has 1 aliphatic heterocycles. The van der Waals surface area contributed by atoms with Gasteiger partial charge in [0, 0.05) is 32.2 Å². The van der Waals surface area contributed by atoms with Crippen LogP contribution < -0.4 is 10.1 Å². The topological polar surface area (TPSA) is 24.5 Å². The lowest BCUT2D eigenvalue weighted by Gasteiger charge is -2.43. The molecule has 2 aliphatic rings. The molecular formula is C16H24Cl2F2N2O. The van der Waals surface area contributed by atoms with Crippen LogP contribution in [0.3, 0.4) is 0 Å². The number of halogens is 4. The van der Waals surface area contributed by atoms with E-state index in [0.717, 1.165) is 31.7 Å². The SMILES string of the molecule is Cl.Cl.FC(F)Oc1cccc([C@H](C2CCC2)N2CCNCC2)c1. The summed E-state index contributed by atoms with van der Waals surface area (Å²) in [7, 11) is 0. The predicted molar refractivity (Wildman–Crippen MR) is 92.1 cm³/mol. The van der Waals surface area contributed by atoms with E-state index in [-0.39, 0.29) is 30.6 Å². The van der Waals surface area contributed by atoms with Gasteiger partial charge in [0.1, 0.15) is 5.75 Å². The van der Waals surface area contributed by atoms with Crippen LogP contribution in [0.1, 0.15) is 30.9 Å². The number of hydrogen-bond donors (Lipinski definition) is 1. The van der Waals surface area contributed by atoms with Gasteiger partial charge in [0.2, 0.25) is 0 Å². The minimum Gasteiger partial charge on any atom is -0.435 e. The first-order chi connectivity index (χ1) is 10.2. The Morgan fingerprint density at radius 2 is 1.83 bits per heavy atom. The van der Waals surface area contributed by atoms with Crippen molar-refractivity contribution in [2.24, 2.45) is 5.92 Å². The summed E-state index contributed by atoms with van der Waals surface area (Å²) >= 11 is 0. The average molecular weight is 369 g/mol. The van der Waals surface area contributed by atoms with Crippen molar-refractivity contribution < 1.29 is 13.5 Å². The largest absolute Gasteiger partial charge is 0.435 e. The van der Waals surface area contributed by atoms with Gasteiger partial charge in [0.25, 0.3) is 0 Å². The maximum absolute atomic E-state index is 12.4. The van der Waals surface area contributed by atoms with Crippen LogP contribution in [0.4, 0.5) is 8.78 Å². The fourth-order valence-electron chi connectivity index (χ4n) is 3.37. The minimum absolute atomic E-state index is 0. The van der Waals surface area contributed by atoms with Crippen LogP contribution in [0, 0.1) is 5.92 Å². The van der Waals surface area contributed by atoms with E-state index in [9.17, 15) is 8.78 Å². The van der Waals surface area contributed by atoms with Crippen LogP contribution in [0.25, 0.3) is 0 Å². The summed E-state index contributed by atoms with van der Waals surface area (Å²) in [5.74, 6) is 0.909. The van der Waals surface area contributed by atoms with E-state index in [2.05, 4.69) is 15.0 Å². The average Bonchev–Trinajstić information content (AvgIpc) is 2.43. The second-order valence-electron chi connectivity index (χ2n) is 5.87. The van der Waals surface area contributed by atoms with Crippen molar-refractivity contribution in [2.45, 2.75) is 31.9 Å². The molecular weight excluding hydrogens is 345 g/mol. The van der Waals surface area contributed by atoms with Gasteiger partial charge in [-0.2, -0.15) is 8.78 Å². The number of nitrogens with one attached hydrogen (secondary N) is 1. The third-order valence-electron chi connectivity index (χ3n) is 4.57. The molecule has 1 aromatic carbocycles. The van der Waals surface area contributed by atoms with Gasteiger partial charge >= 0.3 is 6.61 Å². The zero-order chi connectivity index (χ0) is 14.7. The zero-order valence-corrected chi connectivity index (χ0v) is 14.6. The molecule has 23 heavy (non-hydrogen) atoms. The first-order valence-electron chi connectivity index (χ1n) is 7.73. The summed E-state index contributed by atoms with van der Waals surface area (Å²) in [6.07, 6.45) is 3.74. The number of alkyl halides is 2. The Bertz CT molecular complexity index is 469. The molecule has 0 amide bonds. The van der Waals surface area contributed by atoms with Crippen molar-refractivity contribution in [1.82, 2.24) is 10.2 Å². The molecule has 0 unspecified atom stereocenters. The highest BCUT2D eigenvalue weighted by Crippen LogP contribution is 2.42. The van der Waals surface area contributed by atoms with Crippen LogP contribution in [0.5, 0.6) is 5.75 Å². The van der Waals surface area contributed by atoms with E-state index in [1.807, 2.05) is 12.1 Å². The molecule has 1 atom stereocenters. The zero-order valence-electron chi connectivity index (χ0n) is 12.9. The van der Waals surface area contributed by atoms with Crippen molar-refractivity contribution >= 4 is 24.8 Å². The van der Waals surface area contributed by atoms with Gasteiger partial charge < -0.3 is 10.1 Å². The predicted octanol–water partition coefficient (Wildman–Crippen LogP) is 3.88. The fraction of sp³-hybridized carbons (Fsp3) is 0.625. The second-order valence-corrected chi connectivity index (χ2v) is 5.87. The quantitative estimate of drug-likeness (QED) is 0.853. The molecule has 1 aliphatic carbocycles. The molecule has 1 saturated heterocycles. The molecule has 0 spiro atoms. The molecule has 1 aromatic rings. The van der Waals surface area contributed by atoms with E-state index >= 15 is 0 Å². The summed E-state index contributed by atoms with van der Waals surface area (Å²) in [5.41, 5.74) is 1.11. The van der Waals surface area contributed by atoms with Crippen LogP contribution in [-0.2, 0) is 0 Å². The summed E-state index contributed by atoms with van der Waals surface area (Å²) in [6.45, 7) is 1.26. The minimum atomic E-state index is -2.76. The number of benzene rings is 1. The van der Waals surface area contributed by atoms with Crippen molar-refractivity contribution in [3.8, 4) is 5.75 Å². The van der Waals surface area contributed by atoms with E-state index in [0.29, 0.717) is 12.0 Å². The van der Waals surface area contributed by atoms with E-state index in [4.69, 9.17) is 0 Å². The standard InChI is InChI=1S/C16H22F2N2O.2ClH/c17-16(18)21-14-6-2-5-13(11-14)15(12-3-1-4-12)20-9-7-19-8-10-20;;/h2,5-6,11-12,15-16,19H,1,3-4,7-10H2;2*1H/t15-;;/m0../s1. The molecule has 1 heterocycles. The summed E-state index contributed by atoms with van der Waals surface area (Å²) in [5, 5.41) is 3.37. The van der Waals surface area contributed by atoms with Gasteiger partial charge in [-0.1, -0.05) is 18.6 Å². The molecule has 3 nitrogen and oxygen atoms in total. The third kappa shape index (κ3) is 5.18. The summed E-state index contributed by atoms with van der Waals surface area (Å²) in [4.78, 5) is 2.49. The van der Waals surface area contributed by atoms with Crippen LogP contribution in [-0.4, -0.2) is 37.7 Å². The Balaban J connectivity index is 0.00000132. The van der Waals surface area contributed by atoms with Crippen molar-refractivity contribution in [3.63, 3.8) is 0 Å². The van der Waals surface area contributed by atoms with Crippen LogP contribution >= 0.6 is 24.8 Å². The molecule has 7 heteroatoms. The van der Waals surface area contributed by atoms with Crippen molar-refractivity contribution in [2.75, 3.05) is 26.2 Å². The number of rotatable bonds is 5. The first-order valence-corrected chi connectivity index (χ1v) is 7.73. The lowest BCUT2D eigenvalue weighted by molar-refractivity contribution is -0.0500. The lowest BCUT2D eigenvalue weighted by atomic mass is 9.76. The number of ether oxygens (including phenoxy) is 1. The maximum Gasteiger partial charge on any atom is 0.387 e. The second kappa shape index (κ2) is 9.62. The Morgan fingerprint density at radius 1 is 1.13 bits per heavy atom. The smallest absolute Gasteiger partial charge is 0.387 e. The number of hydrogen-bond acceptors (Lipinski definition) is 3. The van der Waals surface area contributed by atoms with Gasteiger partial charge in [0.05, 0.1) is 0 Å². The van der Waals surface area contributed by atoms with Crippen molar-refractivity contribution in [3.05, 3.63) is 29.8 Å². The summed E-state index contributed by atoms with van der Waals surface area (Å²) < 4.78 is 29.4.